The minimum absolute atomic E-state index is 0.142. The van der Waals surface area contributed by atoms with Crippen LogP contribution in [0.4, 0.5) is 0 Å². The predicted octanol–water partition coefficient (Wildman–Crippen LogP) is 2.11. The smallest absolute Gasteiger partial charge is 0.223 e. The highest BCUT2D eigenvalue weighted by Gasteiger charge is 2.10. The third-order valence-corrected chi connectivity index (χ3v) is 2.88. The van der Waals surface area contributed by atoms with Gasteiger partial charge >= 0.3 is 0 Å². The quantitative estimate of drug-likeness (QED) is 0.825. The first-order chi connectivity index (χ1) is 8.04. The van der Waals surface area contributed by atoms with Gasteiger partial charge in [0.15, 0.2) is 0 Å². The zero-order valence-electron chi connectivity index (χ0n) is 11.1. The van der Waals surface area contributed by atoms with Gasteiger partial charge in [0.1, 0.15) is 11.5 Å². The Labute approximate surface area is 103 Å². The van der Waals surface area contributed by atoms with Crippen LogP contribution in [-0.4, -0.2) is 30.9 Å². The summed E-state index contributed by atoms with van der Waals surface area (Å²) in [6.07, 6.45) is 0.522. The summed E-state index contributed by atoms with van der Waals surface area (Å²) in [5.74, 6) is 2.00. The molecular weight excluding hydrogens is 216 g/mol. The third kappa shape index (κ3) is 4.23. The minimum atomic E-state index is 0.142. The van der Waals surface area contributed by atoms with Gasteiger partial charge in [-0.3, -0.25) is 4.79 Å². The van der Waals surface area contributed by atoms with Crippen molar-refractivity contribution in [3.63, 3.8) is 0 Å². The Hall–Kier alpha value is -1.29. The van der Waals surface area contributed by atoms with E-state index in [-0.39, 0.29) is 11.9 Å². The summed E-state index contributed by atoms with van der Waals surface area (Å²) < 4.78 is 5.51. The lowest BCUT2D eigenvalue weighted by atomic mass is 10.2. The fraction of sp³-hybridized carbons (Fsp3) is 0.615. The number of nitrogens with zero attached hydrogens (tertiary/aromatic N) is 1. The van der Waals surface area contributed by atoms with Crippen LogP contribution < -0.4 is 5.32 Å². The number of hydrogen-bond donors (Lipinski definition) is 1. The van der Waals surface area contributed by atoms with Gasteiger partial charge in [0.25, 0.3) is 0 Å². The molecule has 0 saturated carbocycles. The first-order valence-corrected chi connectivity index (χ1v) is 6.08. The summed E-state index contributed by atoms with van der Waals surface area (Å²) in [7, 11) is 1.82. The normalized spacial score (nSPS) is 12.5. The van der Waals surface area contributed by atoms with Crippen molar-refractivity contribution in [2.45, 2.75) is 33.2 Å². The molecule has 1 aromatic rings. The van der Waals surface area contributed by atoms with Crippen LogP contribution in [0.15, 0.2) is 16.5 Å². The number of nitrogens with one attached hydrogen (secondary N) is 1. The second-order valence-electron chi connectivity index (χ2n) is 4.28. The molecule has 1 N–H and O–H groups in total. The van der Waals surface area contributed by atoms with Crippen molar-refractivity contribution in [1.29, 1.82) is 0 Å². The number of carbonyl (C=O) groups is 1. The first-order valence-electron chi connectivity index (χ1n) is 6.08. The molecule has 1 heterocycles. The highest BCUT2D eigenvalue weighted by Crippen LogP contribution is 2.15. The number of carbonyl (C=O) groups excluding carboxylic acids is 1. The van der Waals surface area contributed by atoms with Crippen LogP contribution in [0.25, 0.3) is 0 Å². The molecule has 0 bridgehead atoms. The molecule has 4 heteroatoms. The molecule has 0 radical (unpaired) electrons. The monoisotopic (exact) mass is 238 g/mol. The fourth-order valence-corrected chi connectivity index (χ4v) is 1.55. The first kappa shape index (κ1) is 13.8. The van der Waals surface area contributed by atoms with E-state index in [4.69, 9.17) is 4.42 Å². The lowest BCUT2D eigenvalue weighted by molar-refractivity contribution is -0.129. The molecule has 0 saturated heterocycles. The van der Waals surface area contributed by atoms with Crippen LogP contribution in [0.5, 0.6) is 0 Å². The van der Waals surface area contributed by atoms with Gasteiger partial charge in [-0.2, -0.15) is 0 Å². The van der Waals surface area contributed by atoms with E-state index >= 15 is 0 Å². The maximum absolute atomic E-state index is 11.6. The number of amides is 1. The number of hydrogen-bond acceptors (Lipinski definition) is 3. The van der Waals surface area contributed by atoms with Crippen molar-refractivity contribution in [1.82, 2.24) is 10.2 Å². The molecule has 0 aliphatic carbocycles. The van der Waals surface area contributed by atoms with Crippen molar-refractivity contribution < 1.29 is 9.21 Å². The maximum atomic E-state index is 11.6. The molecule has 17 heavy (non-hydrogen) atoms. The molecule has 0 aliphatic rings. The molecule has 0 fully saturated rings. The third-order valence-electron chi connectivity index (χ3n) is 2.88. The SMILES string of the molecule is CCN(C)C(=O)CCN[C@H](C)c1ccc(C)o1. The second kappa shape index (κ2) is 6.45. The molecule has 0 aromatic carbocycles. The molecule has 1 aromatic heterocycles. The van der Waals surface area contributed by atoms with Gasteiger partial charge in [0.05, 0.1) is 6.04 Å². The largest absolute Gasteiger partial charge is 0.465 e. The maximum Gasteiger partial charge on any atom is 0.223 e. The second-order valence-corrected chi connectivity index (χ2v) is 4.28. The number of furan rings is 1. The zero-order valence-corrected chi connectivity index (χ0v) is 11.1. The van der Waals surface area contributed by atoms with E-state index in [9.17, 15) is 4.79 Å². The van der Waals surface area contributed by atoms with E-state index < -0.39 is 0 Å². The Bertz CT molecular complexity index is 360. The highest BCUT2D eigenvalue weighted by molar-refractivity contribution is 5.75. The summed E-state index contributed by atoms with van der Waals surface area (Å²) >= 11 is 0. The number of aryl methyl sites for hydroxylation is 1. The molecule has 4 nitrogen and oxygen atoms in total. The Morgan fingerprint density at radius 1 is 1.53 bits per heavy atom. The summed E-state index contributed by atoms with van der Waals surface area (Å²) in [5.41, 5.74) is 0. The molecular formula is C13H22N2O2. The molecule has 96 valence electrons. The highest BCUT2D eigenvalue weighted by atomic mass is 16.3. The molecule has 1 rings (SSSR count). The molecule has 0 unspecified atom stereocenters. The number of rotatable bonds is 6. The van der Waals surface area contributed by atoms with Crippen LogP contribution in [0, 0.1) is 6.92 Å². The molecule has 0 spiro atoms. The van der Waals surface area contributed by atoms with Crippen molar-refractivity contribution in [2.75, 3.05) is 20.1 Å². The van der Waals surface area contributed by atoms with Gasteiger partial charge in [-0.1, -0.05) is 0 Å². The van der Waals surface area contributed by atoms with Crippen molar-refractivity contribution >= 4 is 5.91 Å². The predicted molar refractivity (Wildman–Crippen MR) is 67.8 cm³/mol. The van der Waals surface area contributed by atoms with E-state index in [0.717, 1.165) is 18.1 Å². The van der Waals surface area contributed by atoms with Crippen LogP contribution in [0.2, 0.25) is 0 Å². The van der Waals surface area contributed by atoms with E-state index in [1.165, 1.54) is 0 Å². The van der Waals surface area contributed by atoms with E-state index in [2.05, 4.69) is 5.32 Å². The average Bonchev–Trinajstić information content (AvgIpc) is 2.74. The van der Waals surface area contributed by atoms with Crippen molar-refractivity contribution in [2.24, 2.45) is 0 Å². The summed E-state index contributed by atoms with van der Waals surface area (Å²) in [5, 5.41) is 3.28. The molecule has 0 aliphatic heterocycles. The topological polar surface area (TPSA) is 45.5 Å². The fourth-order valence-electron chi connectivity index (χ4n) is 1.55. The standard InChI is InChI=1S/C13H22N2O2/c1-5-15(4)13(16)8-9-14-11(3)12-7-6-10(2)17-12/h6-7,11,14H,5,8-9H2,1-4H3/t11-/m1/s1. The Kier molecular flexibility index (Phi) is 5.22. The van der Waals surface area contributed by atoms with E-state index in [1.54, 1.807) is 4.90 Å². The van der Waals surface area contributed by atoms with Gasteiger partial charge in [-0.05, 0) is 32.9 Å². The van der Waals surface area contributed by atoms with Gasteiger partial charge in [0, 0.05) is 26.6 Å². The average molecular weight is 238 g/mol. The summed E-state index contributed by atoms with van der Waals surface area (Å²) in [6, 6.07) is 4.06. The Morgan fingerprint density at radius 2 is 2.24 bits per heavy atom. The van der Waals surface area contributed by atoms with E-state index in [0.29, 0.717) is 13.0 Å². The lowest BCUT2D eigenvalue weighted by Crippen LogP contribution is -2.30. The zero-order chi connectivity index (χ0) is 12.8. The van der Waals surface area contributed by atoms with Crippen LogP contribution in [0.1, 0.15) is 37.8 Å². The van der Waals surface area contributed by atoms with Gasteiger partial charge in [-0.15, -0.1) is 0 Å². The van der Waals surface area contributed by atoms with Crippen LogP contribution in [-0.2, 0) is 4.79 Å². The van der Waals surface area contributed by atoms with Crippen molar-refractivity contribution in [3.05, 3.63) is 23.7 Å². The molecule has 1 amide bonds. The van der Waals surface area contributed by atoms with Crippen LogP contribution >= 0.6 is 0 Å². The summed E-state index contributed by atoms with van der Waals surface area (Å²) in [6.45, 7) is 7.36. The van der Waals surface area contributed by atoms with Crippen molar-refractivity contribution in [3.8, 4) is 0 Å². The minimum Gasteiger partial charge on any atom is -0.465 e. The Balaban J connectivity index is 2.29. The molecule has 1 atom stereocenters. The van der Waals surface area contributed by atoms with Gasteiger partial charge < -0.3 is 14.6 Å². The van der Waals surface area contributed by atoms with Gasteiger partial charge in [0.2, 0.25) is 5.91 Å². The van der Waals surface area contributed by atoms with E-state index in [1.807, 2.05) is 40.0 Å². The Morgan fingerprint density at radius 3 is 2.76 bits per heavy atom. The summed E-state index contributed by atoms with van der Waals surface area (Å²) in [4.78, 5) is 13.3. The lowest BCUT2D eigenvalue weighted by Gasteiger charge is -2.16. The van der Waals surface area contributed by atoms with Crippen LogP contribution in [0.3, 0.4) is 0 Å². The van der Waals surface area contributed by atoms with Gasteiger partial charge in [-0.25, -0.2) is 0 Å².